The van der Waals surface area contributed by atoms with Crippen molar-refractivity contribution in [3.05, 3.63) is 103 Å². The van der Waals surface area contributed by atoms with E-state index in [2.05, 4.69) is 20.9 Å². The molecule has 0 aliphatic carbocycles. The van der Waals surface area contributed by atoms with Gasteiger partial charge in [-0.05, 0) is 27.1 Å². The van der Waals surface area contributed by atoms with Crippen molar-refractivity contribution >= 4 is 15.9 Å². The number of hydrogen-bond donors (Lipinski definition) is 3. The third-order valence-electron chi connectivity index (χ3n) is 5.52. The maximum absolute atomic E-state index is 12.6. The van der Waals surface area contributed by atoms with Crippen molar-refractivity contribution in [3.8, 4) is 0 Å². The molecule has 0 spiro atoms. The first kappa shape index (κ1) is 22.6. The molecule has 8 nitrogen and oxygen atoms in total. The molecular formula is C23H23BrN2O6. The van der Waals surface area contributed by atoms with Crippen molar-refractivity contribution in [1.29, 1.82) is 0 Å². The van der Waals surface area contributed by atoms with E-state index in [4.69, 9.17) is 9.47 Å². The lowest BCUT2D eigenvalue weighted by Crippen LogP contribution is -2.52. The second-order valence-electron chi connectivity index (χ2n) is 7.72. The molecule has 32 heavy (non-hydrogen) atoms. The maximum Gasteiger partial charge on any atom is 0.330 e. The van der Waals surface area contributed by atoms with Crippen molar-refractivity contribution in [1.82, 2.24) is 9.55 Å². The van der Waals surface area contributed by atoms with Gasteiger partial charge in [0.05, 0.1) is 17.7 Å². The number of benzene rings is 2. The second kappa shape index (κ2) is 9.51. The number of halogens is 1. The van der Waals surface area contributed by atoms with Crippen LogP contribution in [0.2, 0.25) is 0 Å². The van der Waals surface area contributed by atoms with Gasteiger partial charge in [-0.3, -0.25) is 14.3 Å². The van der Waals surface area contributed by atoms with Gasteiger partial charge in [0.15, 0.2) is 6.23 Å². The van der Waals surface area contributed by atoms with Gasteiger partial charge in [-0.15, -0.1) is 0 Å². The number of aliphatic hydroxyl groups is 2. The molecule has 2 heterocycles. The highest BCUT2D eigenvalue weighted by Crippen LogP contribution is 2.42. The second-order valence-corrected chi connectivity index (χ2v) is 8.58. The van der Waals surface area contributed by atoms with Gasteiger partial charge < -0.3 is 19.7 Å². The molecule has 2 aromatic carbocycles. The van der Waals surface area contributed by atoms with E-state index in [9.17, 15) is 19.8 Å². The highest BCUT2D eigenvalue weighted by molar-refractivity contribution is 9.10. The highest BCUT2D eigenvalue weighted by Gasteiger charge is 2.57. The molecule has 9 heteroatoms. The van der Waals surface area contributed by atoms with Crippen LogP contribution in [0.4, 0.5) is 0 Å². The number of ether oxygens (including phenoxy) is 2. The molecule has 0 radical (unpaired) electrons. The summed E-state index contributed by atoms with van der Waals surface area (Å²) in [6.07, 6.45) is -1.68. The van der Waals surface area contributed by atoms with E-state index in [1.807, 2.05) is 60.7 Å². The van der Waals surface area contributed by atoms with Crippen LogP contribution in [0, 0.1) is 0 Å². The first-order valence-corrected chi connectivity index (χ1v) is 10.9. The minimum Gasteiger partial charge on any atom is -0.394 e. The average molecular weight is 503 g/mol. The topological polar surface area (TPSA) is 114 Å². The van der Waals surface area contributed by atoms with Crippen molar-refractivity contribution in [2.24, 2.45) is 0 Å². The van der Waals surface area contributed by atoms with E-state index >= 15 is 0 Å². The Morgan fingerprint density at radius 1 is 1.06 bits per heavy atom. The molecule has 1 fully saturated rings. The van der Waals surface area contributed by atoms with E-state index in [0.717, 1.165) is 15.7 Å². The van der Waals surface area contributed by atoms with E-state index in [1.165, 1.54) is 6.20 Å². The molecule has 4 atom stereocenters. The Morgan fingerprint density at radius 3 is 2.31 bits per heavy atom. The van der Waals surface area contributed by atoms with Crippen LogP contribution in [0.25, 0.3) is 0 Å². The Labute approximate surface area is 192 Å². The summed E-state index contributed by atoms with van der Waals surface area (Å²) in [6.45, 7) is -0.244. The molecule has 1 aromatic heterocycles. The molecule has 3 N–H and O–H groups in total. The number of rotatable bonds is 7. The smallest absolute Gasteiger partial charge is 0.330 e. The third kappa shape index (κ3) is 4.48. The van der Waals surface area contributed by atoms with Crippen molar-refractivity contribution in [2.75, 3.05) is 6.61 Å². The Bertz CT molecular complexity index is 1170. The first-order chi connectivity index (χ1) is 15.4. The number of aliphatic hydroxyl groups excluding tert-OH is 1. The van der Waals surface area contributed by atoms with Gasteiger partial charge >= 0.3 is 5.69 Å². The highest BCUT2D eigenvalue weighted by atomic mass is 79.9. The van der Waals surface area contributed by atoms with E-state index in [1.54, 1.807) is 0 Å². The van der Waals surface area contributed by atoms with Gasteiger partial charge in [0.25, 0.3) is 5.56 Å². The molecule has 168 valence electrons. The summed E-state index contributed by atoms with van der Waals surface area (Å²) in [4.78, 5) is 26.6. The molecule has 4 rings (SSSR count). The predicted molar refractivity (Wildman–Crippen MR) is 120 cm³/mol. The van der Waals surface area contributed by atoms with E-state index in [0.29, 0.717) is 0 Å². The number of nitrogens with zero attached hydrogens (tertiary/aromatic N) is 1. The minimum absolute atomic E-state index is 0.0949. The number of aromatic amines is 1. The van der Waals surface area contributed by atoms with Crippen molar-refractivity contribution < 1.29 is 19.7 Å². The summed E-state index contributed by atoms with van der Waals surface area (Å²) >= 11 is 3.12. The Hall–Kier alpha value is -2.56. The van der Waals surface area contributed by atoms with Gasteiger partial charge in [-0.1, -0.05) is 60.7 Å². The Morgan fingerprint density at radius 2 is 1.69 bits per heavy atom. The Balaban J connectivity index is 1.75. The molecule has 0 saturated carbocycles. The third-order valence-corrected chi connectivity index (χ3v) is 6.09. The zero-order valence-electron chi connectivity index (χ0n) is 17.1. The maximum atomic E-state index is 12.6. The fraction of sp³-hybridized carbons (Fsp3) is 0.304. The molecular weight excluding hydrogens is 480 g/mol. The largest absolute Gasteiger partial charge is 0.394 e. The molecule has 1 aliphatic heterocycles. The number of H-pyrrole nitrogens is 1. The molecule has 0 bridgehead atoms. The lowest BCUT2D eigenvalue weighted by atomic mass is 9.86. The van der Waals surface area contributed by atoms with Gasteiger partial charge in [0, 0.05) is 12.6 Å². The van der Waals surface area contributed by atoms with Crippen LogP contribution in [-0.2, 0) is 22.5 Å². The van der Waals surface area contributed by atoms with Crippen LogP contribution in [0.3, 0.4) is 0 Å². The molecule has 1 aliphatic rings. The summed E-state index contributed by atoms with van der Waals surface area (Å²) < 4.78 is 13.3. The minimum atomic E-state index is -1.72. The molecule has 0 unspecified atom stereocenters. The molecule has 3 aromatic rings. The fourth-order valence-electron chi connectivity index (χ4n) is 4.02. The van der Waals surface area contributed by atoms with Gasteiger partial charge in [0.1, 0.15) is 17.8 Å². The predicted octanol–water partition coefficient (Wildman–Crippen LogP) is 1.75. The molecule has 1 saturated heterocycles. The summed E-state index contributed by atoms with van der Waals surface area (Å²) in [5.74, 6) is 0. The SMILES string of the molecule is O=c1[nH]c(=O)n([C@@H]2O[C@H](CO)[C@@H](OCc3ccccc3)[C@]2(O)Cc2ccccc2)cc1Br. The van der Waals surface area contributed by atoms with Crippen molar-refractivity contribution in [3.63, 3.8) is 0 Å². The lowest BCUT2D eigenvalue weighted by Gasteiger charge is -2.34. The monoisotopic (exact) mass is 502 g/mol. The molecule has 0 amide bonds. The van der Waals surface area contributed by atoms with Gasteiger partial charge in [-0.2, -0.15) is 0 Å². The quantitative estimate of drug-likeness (QED) is 0.453. The summed E-state index contributed by atoms with van der Waals surface area (Å²) in [6, 6.07) is 18.7. The number of nitrogens with one attached hydrogen (secondary N) is 1. The normalized spacial score (nSPS) is 25.2. The number of hydrogen-bond acceptors (Lipinski definition) is 6. The first-order valence-electron chi connectivity index (χ1n) is 10.1. The van der Waals surface area contributed by atoms with Crippen LogP contribution in [-0.4, -0.2) is 44.2 Å². The summed E-state index contributed by atoms with van der Waals surface area (Å²) in [5.41, 5.74) is -1.36. The summed E-state index contributed by atoms with van der Waals surface area (Å²) in [7, 11) is 0. The average Bonchev–Trinajstić information content (AvgIpc) is 3.07. The van der Waals surface area contributed by atoms with E-state index in [-0.39, 0.29) is 17.5 Å². The van der Waals surface area contributed by atoms with Crippen LogP contribution in [0.15, 0.2) is 80.9 Å². The standard InChI is InChI=1S/C23H23BrN2O6/c24-17-12-26(22(29)25-20(17)28)21-23(30,11-15-7-3-1-4-8-15)19(18(13-27)32-21)31-14-16-9-5-2-6-10-16/h1-10,12,18-19,21,27,30H,11,13-14H2,(H,25,28,29)/t18-,19-,21-,23-/m1/s1. The lowest BCUT2D eigenvalue weighted by molar-refractivity contribution is -0.127. The number of aromatic nitrogens is 2. The van der Waals surface area contributed by atoms with Crippen molar-refractivity contribution in [2.45, 2.75) is 37.1 Å². The van der Waals surface area contributed by atoms with Crippen LogP contribution >= 0.6 is 15.9 Å². The van der Waals surface area contributed by atoms with Gasteiger partial charge in [-0.25, -0.2) is 4.79 Å². The van der Waals surface area contributed by atoms with Crippen LogP contribution in [0.1, 0.15) is 17.4 Å². The Kier molecular flexibility index (Phi) is 6.73. The van der Waals surface area contributed by atoms with Crippen LogP contribution < -0.4 is 11.2 Å². The summed E-state index contributed by atoms with van der Waals surface area (Å²) in [5, 5.41) is 21.9. The zero-order chi connectivity index (χ0) is 22.7. The van der Waals surface area contributed by atoms with Gasteiger partial charge in [0.2, 0.25) is 0 Å². The van der Waals surface area contributed by atoms with E-state index < -0.39 is 41.9 Å². The fourth-order valence-corrected chi connectivity index (χ4v) is 4.34. The zero-order valence-corrected chi connectivity index (χ0v) is 18.6. The van der Waals surface area contributed by atoms with Crippen LogP contribution in [0.5, 0.6) is 0 Å².